The van der Waals surface area contributed by atoms with E-state index in [9.17, 15) is 5.11 Å². The maximum absolute atomic E-state index is 11.5. The standard InChI is InChI=1S/C20H26O5/c1-12-16-17-20(11-24-16)15(5-2-6-19(20,21)10-25-17)18(12)8-14(23-9-18)13-4-3-7-22-13/h3-4,7,12,14-17,21H,2,5-6,8-11H2,1H3/t12-,14?,15-,16+,17-,18-,19+,20+/m0/s1. The Morgan fingerprint density at radius 2 is 2.08 bits per heavy atom. The Kier molecular flexibility index (Phi) is 2.85. The lowest BCUT2D eigenvalue weighted by molar-refractivity contribution is -0.177. The monoisotopic (exact) mass is 346 g/mol. The van der Waals surface area contributed by atoms with Gasteiger partial charge >= 0.3 is 0 Å². The second kappa shape index (κ2) is 4.69. The van der Waals surface area contributed by atoms with Gasteiger partial charge in [0.15, 0.2) is 0 Å². The molecule has 2 bridgehead atoms. The van der Waals surface area contributed by atoms with Gasteiger partial charge in [0.1, 0.15) is 11.9 Å². The minimum absolute atomic E-state index is 0.0159. The molecule has 3 aliphatic heterocycles. The van der Waals surface area contributed by atoms with E-state index in [1.165, 1.54) is 0 Å². The van der Waals surface area contributed by atoms with Crippen LogP contribution in [0.25, 0.3) is 0 Å². The fourth-order valence-electron chi connectivity index (χ4n) is 7.27. The van der Waals surface area contributed by atoms with Crippen LogP contribution in [0.2, 0.25) is 0 Å². The molecular formula is C20H26O5. The summed E-state index contributed by atoms with van der Waals surface area (Å²) >= 11 is 0. The first kappa shape index (κ1) is 15.2. The van der Waals surface area contributed by atoms with E-state index in [1.54, 1.807) is 6.26 Å². The molecule has 0 amide bonds. The molecular weight excluding hydrogens is 320 g/mol. The van der Waals surface area contributed by atoms with Crippen molar-refractivity contribution in [1.82, 2.24) is 0 Å². The molecule has 3 saturated heterocycles. The maximum Gasteiger partial charge on any atom is 0.132 e. The first-order valence-corrected chi connectivity index (χ1v) is 9.71. The highest BCUT2D eigenvalue weighted by Crippen LogP contribution is 2.72. The van der Waals surface area contributed by atoms with Crippen LogP contribution in [0.5, 0.6) is 0 Å². The predicted octanol–water partition coefficient (Wildman–Crippen LogP) is 2.69. The molecule has 1 aromatic heterocycles. The van der Waals surface area contributed by atoms with Crippen LogP contribution in [-0.4, -0.2) is 42.7 Å². The van der Waals surface area contributed by atoms with Gasteiger partial charge in [0, 0.05) is 5.41 Å². The molecule has 6 rings (SSSR count). The van der Waals surface area contributed by atoms with Crippen LogP contribution in [-0.2, 0) is 14.2 Å². The number of rotatable bonds is 1. The van der Waals surface area contributed by atoms with Gasteiger partial charge in [0.25, 0.3) is 0 Å². The van der Waals surface area contributed by atoms with Crippen LogP contribution in [0.4, 0.5) is 0 Å². The van der Waals surface area contributed by atoms with Crippen LogP contribution in [0.15, 0.2) is 22.8 Å². The van der Waals surface area contributed by atoms with E-state index < -0.39 is 5.60 Å². The number of fused-ring (bicyclic) bond motifs is 1. The summed E-state index contributed by atoms with van der Waals surface area (Å²) in [6.07, 6.45) is 5.84. The molecule has 136 valence electrons. The van der Waals surface area contributed by atoms with Crippen molar-refractivity contribution >= 4 is 0 Å². The molecule has 5 aliphatic rings. The van der Waals surface area contributed by atoms with Gasteiger partial charge in [-0.2, -0.15) is 0 Å². The zero-order valence-corrected chi connectivity index (χ0v) is 14.6. The van der Waals surface area contributed by atoms with Gasteiger partial charge in [-0.1, -0.05) is 13.3 Å². The van der Waals surface area contributed by atoms with E-state index in [-0.39, 0.29) is 29.1 Å². The average Bonchev–Trinajstić information content (AvgIpc) is 3.35. The van der Waals surface area contributed by atoms with Crippen molar-refractivity contribution in [1.29, 1.82) is 0 Å². The van der Waals surface area contributed by atoms with Gasteiger partial charge < -0.3 is 23.7 Å². The Balaban J connectivity index is 1.46. The first-order valence-electron chi connectivity index (χ1n) is 9.71. The molecule has 4 heterocycles. The van der Waals surface area contributed by atoms with Crippen LogP contribution in [0, 0.1) is 22.7 Å². The van der Waals surface area contributed by atoms with E-state index in [4.69, 9.17) is 18.6 Å². The van der Waals surface area contributed by atoms with E-state index >= 15 is 0 Å². The fraction of sp³-hybridized carbons (Fsp3) is 0.800. The SMILES string of the molecule is C[C@H]1[C@H]2OC[C@@]34[C@H]2OC[C@]3(O)CCC[C@H]4[C@@]12COC(c1ccco1)C2. The lowest BCUT2D eigenvalue weighted by Gasteiger charge is -2.59. The first-order chi connectivity index (χ1) is 12.1. The molecule has 0 aromatic carbocycles. The van der Waals surface area contributed by atoms with Crippen molar-refractivity contribution in [3.63, 3.8) is 0 Å². The summed E-state index contributed by atoms with van der Waals surface area (Å²) in [5, 5.41) is 11.5. The number of furan rings is 1. The molecule has 25 heavy (non-hydrogen) atoms. The molecule has 1 unspecified atom stereocenters. The van der Waals surface area contributed by atoms with Crippen molar-refractivity contribution in [3.8, 4) is 0 Å². The molecule has 2 aliphatic carbocycles. The molecule has 5 nitrogen and oxygen atoms in total. The fourth-order valence-corrected chi connectivity index (χ4v) is 7.27. The van der Waals surface area contributed by atoms with E-state index in [2.05, 4.69) is 6.92 Å². The number of ether oxygens (including phenoxy) is 3. The largest absolute Gasteiger partial charge is 0.467 e. The summed E-state index contributed by atoms with van der Waals surface area (Å²) in [6, 6.07) is 3.94. The predicted molar refractivity (Wildman–Crippen MR) is 87.8 cm³/mol. The molecule has 5 heteroatoms. The van der Waals surface area contributed by atoms with E-state index in [0.29, 0.717) is 25.0 Å². The zero-order valence-electron chi connectivity index (χ0n) is 14.6. The number of hydrogen-bond donors (Lipinski definition) is 1. The molecule has 2 spiro atoms. The lowest BCUT2D eigenvalue weighted by Crippen LogP contribution is -2.67. The molecule has 1 aromatic rings. The highest BCUT2D eigenvalue weighted by Gasteiger charge is 2.79. The normalized spacial score (nSPS) is 56.5. The van der Waals surface area contributed by atoms with Crippen molar-refractivity contribution in [2.75, 3.05) is 19.8 Å². The Morgan fingerprint density at radius 3 is 2.92 bits per heavy atom. The van der Waals surface area contributed by atoms with Crippen LogP contribution in [0.1, 0.15) is 44.5 Å². The highest BCUT2D eigenvalue weighted by molar-refractivity contribution is 5.26. The summed E-state index contributed by atoms with van der Waals surface area (Å²) in [7, 11) is 0. The van der Waals surface area contributed by atoms with Gasteiger partial charge in [-0.3, -0.25) is 0 Å². The molecule has 8 atom stereocenters. The maximum atomic E-state index is 11.5. The highest BCUT2D eigenvalue weighted by atomic mass is 16.6. The lowest BCUT2D eigenvalue weighted by atomic mass is 9.43. The quantitative estimate of drug-likeness (QED) is 0.847. The molecule has 1 N–H and O–H groups in total. The third kappa shape index (κ3) is 1.57. The summed E-state index contributed by atoms with van der Waals surface area (Å²) < 4.78 is 24.4. The Morgan fingerprint density at radius 1 is 1.16 bits per heavy atom. The second-order valence-electron chi connectivity index (χ2n) is 9.07. The third-order valence-corrected chi connectivity index (χ3v) is 8.47. The Labute approximate surface area is 147 Å². The van der Waals surface area contributed by atoms with Crippen LogP contribution >= 0.6 is 0 Å². The van der Waals surface area contributed by atoms with Crippen molar-refractivity contribution in [3.05, 3.63) is 24.2 Å². The molecule has 2 saturated carbocycles. The Hall–Kier alpha value is -0.880. The van der Waals surface area contributed by atoms with Gasteiger partial charge in [-0.25, -0.2) is 0 Å². The van der Waals surface area contributed by atoms with Crippen molar-refractivity contribution in [2.24, 2.45) is 22.7 Å². The Bertz CT molecular complexity index is 688. The molecule has 5 fully saturated rings. The van der Waals surface area contributed by atoms with Gasteiger partial charge in [-0.15, -0.1) is 0 Å². The number of hydrogen-bond acceptors (Lipinski definition) is 5. The van der Waals surface area contributed by atoms with Crippen LogP contribution < -0.4 is 0 Å². The van der Waals surface area contributed by atoms with Gasteiger partial charge in [-0.05, 0) is 43.2 Å². The van der Waals surface area contributed by atoms with Gasteiger partial charge in [0.05, 0.1) is 49.3 Å². The third-order valence-electron chi connectivity index (χ3n) is 8.47. The minimum Gasteiger partial charge on any atom is -0.467 e. The zero-order chi connectivity index (χ0) is 16.9. The summed E-state index contributed by atoms with van der Waals surface area (Å²) in [5.74, 6) is 1.67. The minimum atomic E-state index is -0.731. The van der Waals surface area contributed by atoms with Gasteiger partial charge in [0.2, 0.25) is 0 Å². The van der Waals surface area contributed by atoms with E-state index in [0.717, 1.165) is 38.1 Å². The van der Waals surface area contributed by atoms with E-state index in [1.807, 2.05) is 12.1 Å². The second-order valence-corrected chi connectivity index (χ2v) is 9.07. The summed E-state index contributed by atoms with van der Waals surface area (Å²) in [4.78, 5) is 0. The summed E-state index contributed by atoms with van der Waals surface area (Å²) in [6.45, 7) is 4.15. The molecule has 0 radical (unpaired) electrons. The smallest absolute Gasteiger partial charge is 0.132 e. The van der Waals surface area contributed by atoms with Crippen molar-refractivity contribution in [2.45, 2.75) is 56.5 Å². The average molecular weight is 346 g/mol. The summed E-state index contributed by atoms with van der Waals surface area (Å²) in [5.41, 5.74) is -0.938. The van der Waals surface area contributed by atoms with Crippen LogP contribution in [0.3, 0.4) is 0 Å². The van der Waals surface area contributed by atoms with Crippen molar-refractivity contribution < 1.29 is 23.7 Å². The topological polar surface area (TPSA) is 61.1 Å². The number of aliphatic hydroxyl groups is 1.